The van der Waals surface area contributed by atoms with Crippen molar-refractivity contribution in [2.45, 2.75) is 13.1 Å². The molecule has 0 saturated heterocycles. The molecule has 2 aromatic heterocycles. The van der Waals surface area contributed by atoms with Gasteiger partial charge in [0.2, 0.25) is 5.95 Å². The average molecular weight is 454 g/mol. The highest BCUT2D eigenvalue weighted by Crippen LogP contribution is 2.36. The number of nitrogens with zero attached hydrogens (tertiary/aromatic N) is 2. The Balaban J connectivity index is 1.63. The number of alkyl halides is 3. The van der Waals surface area contributed by atoms with E-state index in [1.807, 2.05) is 0 Å². The smallest absolute Gasteiger partial charge is 0.408 e. The Labute approximate surface area is 176 Å². The number of fused-ring (bicyclic) bond motifs is 1. The van der Waals surface area contributed by atoms with Crippen molar-refractivity contribution in [3.05, 3.63) is 69.0 Å². The fourth-order valence-electron chi connectivity index (χ4n) is 2.79. The molecule has 160 valence electrons. The van der Waals surface area contributed by atoms with Crippen LogP contribution in [-0.2, 0) is 6.18 Å². The maximum Gasteiger partial charge on any atom is 0.419 e. The number of hydrogen-bond acceptors (Lipinski definition) is 6. The number of hydrogen-bond donors (Lipinski definition) is 3. The highest BCUT2D eigenvalue weighted by molar-refractivity contribution is 6.31. The molecule has 0 spiro atoms. The zero-order valence-electron chi connectivity index (χ0n) is 15.6. The van der Waals surface area contributed by atoms with Crippen LogP contribution >= 0.6 is 11.6 Å². The van der Waals surface area contributed by atoms with Crippen molar-refractivity contribution < 1.29 is 22.0 Å². The van der Waals surface area contributed by atoms with E-state index in [0.29, 0.717) is 34.2 Å². The summed E-state index contributed by atoms with van der Waals surface area (Å²) in [6.07, 6.45) is -3.47. The summed E-state index contributed by atoms with van der Waals surface area (Å²) in [6.45, 7) is 1.72. The van der Waals surface area contributed by atoms with Crippen LogP contribution in [0, 0.1) is 12.7 Å². The summed E-state index contributed by atoms with van der Waals surface area (Å²) in [5.41, 5.74) is 0.425. The van der Waals surface area contributed by atoms with Crippen LogP contribution in [0.3, 0.4) is 0 Å². The summed E-state index contributed by atoms with van der Waals surface area (Å²) in [6, 6.07) is 6.46. The number of aromatic nitrogens is 3. The molecule has 0 bridgehead atoms. The first kappa shape index (κ1) is 20.7. The molecular weight excluding hydrogens is 442 g/mol. The van der Waals surface area contributed by atoms with Crippen LogP contribution in [0.2, 0.25) is 5.02 Å². The molecule has 0 amide bonds. The van der Waals surface area contributed by atoms with Gasteiger partial charge in [0, 0.05) is 23.1 Å². The first-order chi connectivity index (χ1) is 14.6. The van der Waals surface area contributed by atoms with E-state index in [9.17, 15) is 22.4 Å². The Morgan fingerprint density at radius 1 is 1.13 bits per heavy atom. The second kappa shape index (κ2) is 7.58. The topological polar surface area (TPSA) is 95.8 Å². The van der Waals surface area contributed by atoms with Crippen LogP contribution in [0.15, 0.2) is 45.7 Å². The van der Waals surface area contributed by atoms with Crippen LogP contribution in [0.4, 0.5) is 40.7 Å². The Hall–Kier alpha value is -3.60. The number of anilines is 4. The lowest BCUT2D eigenvalue weighted by Gasteiger charge is -2.14. The van der Waals surface area contributed by atoms with Gasteiger partial charge in [-0.25, -0.2) is 14.2 Å². The van der Waals surface area contributed by atoms with Gasteiger partial charge in [-0.2, -0.15) is 18.2 Å². The molecule has 31 heavy (non-hydrogen) atoms. The normalized spacial score (nSPS) is 11.7. The molecule has 12 heteroatoms. The molecule has 4 rings (SSSR count). The summed E-state index contributed by atoms with van der Waals surface area (Å²) in [4.78, 5) is 22.1. The number of aryl methyl sites for hydroxylation is 1. The third-order valence-corrected chi connectivity index (χ3v) is 4.52. The minimum atomic E-state index is -4.92. The number of benzene rings is 2. The Bertz CT molecular complexity index is 1350. The lowest BCUT2D eigenvalue weighted by Crippen LogP contribution is -2.10. The molecule has 0 atom stereocenters. The molecule has 0 unspecified atom stereocenters. The van der Waals surface area contributed by atoms with Gasteiger partial charge in [-0.15, -0.1) is 0 Å². The third-order valence-electron chi connectivity index (χ3n) is 4.24. The summed E-state index contributed by atoms with van der Waals surface area (Å²) < 4.78 is 57.7. The standard InChI is InChI=1S/C19H12ClF4N5O2/c1-8-7-25-17(27-10-4-11(19(22,23)24)15(21)12(20)5-10)29-16(8)26-9-2-3-14-13(6-9)28-18(30)31-14/h2-7H,1H3,(H,28,30)(H2,25,26,27,29). The molecule has 0 saturated carbocycles. The van der Waals surface area contributed by atoms with E-state index >= 15 is 0 Å². The molecule has 4 aromatic rings. The predicted molar refractivity (Wildman–Crippen MR) is 107 cm³/mol. The predicted octanol–water partition coefficient (Wildman–Crippen LogP) is 5.52. The zero-order valence-corrected chi connectivity index (χ0v) is 16.3. The van der Waals surface area contributed by atoms with E-state index in [2.05, 4.69) is 25.6 Å². The largest absolute Gasteiger partial charge is 0.419 e. The monoisotopic (exact) mass is 453 g/mol. The number of aromatic amines is 1. The molecule has 2 aromatic carbocycles. The number of nitrogens with one attached hydrogen (secondary N) is 3. The highest BCUT2D eigenvalue weighted by atomic mass is 35.5. The molecule has 0 radical (unpaired) electrons. The van der Waals surface area contributed by atoms with Gasteiger partial charge in [0.1, 0.15) is 5.82 Å². The fraction of sp³-hybridized carbons (Fsp3) is 0.105. The van der Waals surface area contributed by atoms with Gasteiger partial charge in [0.15, 0.2) is 11.4 Å². The van der Waals surface area contributed by atoms with Crippen LogP contribution in [-0.4, -0.2) is 15.0 Å². The maximum absolute atomic E-state index is 13.7. The molecule has 0 aliphatic heterocycles. The minimum Gasteiger partial charge on any atom is -0.408 e. The number of rotatable bonds is 4. The molecule has 0 aliphatic carbocycles. The van der Waals surface area contributed by atoms with Crippen molar-refractivity contribution in [2.24, 2.45) is 0 Å². The van der Waals surface area contributed by atoms with E-state index in [4.69, 9.17) is 16.0 Å². The number of oxazole rings is 1. The maximum atomic E-state index is 13.7. The van der Waals surface area contributed by atoms with Gasteiger partial charge < -0.3 is 15.1 Å². The van der Waals surface area contributed by atoms with Crippen molar-refractivity contribution in [1.82, 2.24) is 15.0 Å². The van der Waals surface area contributed by atoms with Crippen LogP contribution in [0.25, 0.3) is 11.1 Å². The van der Waals surface area contributed by atoms with Crippen molar-refractivity contribution in [2.75, 3.05) is 10.6 Å². The van der Waals surface area contributed by atoms with Crippen molar-refractivity contribution in [3.63, 3.8) is 0 Å². The van der Waals surface area contributed by atoms with Crippen molar-refractivity contribution in [1.29, 1.82) is 0 Å². The van der Waals surface area contributed by atoms with Gasteiger partial charge in [0.25, 0.3) is 0 Å². The summed E-state index contributed by atoms with van der Waals surface area (Å²) >= 11 is 5.60. The Kier molecular flexibility index (Phi) is 5.05. The van der Waals surface area contributed by atoms with Gasteiger partial charge in [-0.05, 0) is 37.3 Å². The van der Waals surface area contributed by atoms with E-state index in [1.165, 1.54) is 6.20 Å². The van der Waals surface area contributed by atoms with Gasteiger partial charge in [-0.1, -0.05) is 11.6 Å². The van der Waals surface area contributed by atoms with E-state index in [1.54, 1.807) is 25.1 Å². The fourth-order valence-corrected chi connectivity index (χ4v) is 3.01. The lowest BCUT2D eigenvalue weighted by atomic mass is 10.2. The quantitative estimate of drug-likeness (QED) is 0.352. The molecule has 7 nitrogen and oxygen atoms in total. The molecule has 3 N–H and O–H groups in total. The summed E-state index contributed by atoms with van der Waals surface area (Å²) in [5.74, 6) is -1.83. The van der Waals surface area contributed by atoms with Gasteiger partial charge >= 0.3 is 11.9 Å². The molecular formula is C19H12ClF4N5O2. The number of halogens is 5. The van der Waals surface area contributed by atoms with Crippen LogP contribution in [0.5, 0.6) is 0 Å². The van der Waals surface area contributed by atoms with Crippen molar-refractivity contribution >= 4 is 45.8 Å². The second-order valence-electron chi connectivity index (χ2n) is 6.52. The molecule has 0 fully saturated rings. The lowest BCUT2D eigenvalue weighted by molar-refractivity contribution is -0.139. The third kappa shape index (κ3) is 4.31. The highest BCUT2D eigenvalue weighted by Gasteiger charge is 2.35. The second-order valence-corrected chi connectivity index (χ2v) is 6.93. The first-order valence-electron chi connectivity index (χ1n) is 8.67. The SMILES string of the molecule is Cc1cnc(Nc2cc(Cl)c(F)c(C(F)(F)F)c2)nc1Nc1ccc2oc(=O)[nH]c2c1. The van der Waals surface area contributed by atoms with E-state index in [0.717, 1.165) is 6.07 Å². The molecule has 2 heterocycles. The van der Waals surface area contributed by atoms with Crippen molar-refractivity contribution in [3.8, 4) is 0 Å². The molecule has 0 aliphatic rings. The Morgan fingerprint density at radius 3 is 2.65 bits per heavy atom. The Morgan fingerprint density at radius 2 is 1.90 bits per heavy atom. The van der Waals surface area contributed by atoms with Crippen LogP contribution < -0.4 is 16.4 Å². The zero-order chi connectivity index (χ0) is 22.3. The minimum absolute atomic E-state index is 0.0401. The van der Waals surface area contributed by atoms with Gasteiger partial charge in [-0.3, -0.25) is 4.98 Å². The van der Waals surface area contributed by atoms with Crippen LogP contribution in [0.1, 0.15) is 11.1 Å². The number of H-pyrrole nitrogens is 1. The summed E-state index contributed by atoms with van der Waals surface area (Å²) in [7, 11) is 0. The average Bonchev–Trinajstić information content (AvgIpc) is 3.05. The van der Waals surface area contributed by atoms with E-state index < -0.39 is 28.3 Å². The van der Waals surface area contributed by atoms with Gasteiger partial charge in [0.05, 0.1) is 16.1 Å². The first-order valence-corrected chi connectivity index (χ1v) is 9.05. The van der Waals surface area contributed by atoms with E-state index in [-0.39, 0.29) is 11.6 Å². The summed E-state index contributed by atoms with van der Waals surface area (Å²) in [5, 5.41) is 4.94.